The Morgan fingerprint density at radius 2 is 1.96 bits per heavy atom. The third-order valence-corrected chi connectivity index (χ3v) is 6.68. The highest BCUT2D eigenvalue weighted by atomic mass is 79.9. The molecular formula is C16H13BrCl2N2O3S. The predicted octanol–water partition coefficient (Wildman–Crippen LogP) is 4.97. The average Bonchev–Trinajstić information content (AvgIpc) is 2.92. The maximum absolute atomic E-state index is 13.1. The summed E-state index contributed by atoms with van der Waals surface area (Å²) in [6.07, 6.45) is 0.369. The summed E-state index contributed by atoms with van der Waals surface area (Å²) in [5, 5.41) is 14.7. The van der Waals surface area contributed by atoms with Gasteiger partial charge in [-0.1, -0.05) is 39.1 Å². The molecule has 0 radical (unpaired) electrons. The minimum absolute atomic E-state index is 0.000466. The van der Waals surface area contributed by atoms with E-state index in [1.807, 2.05) is 0 Å². The fourth-order valence-corrected chi connectivity index (χ4v) is 5.26. The molecule has 132 valence electrons. The van der Waals surface area contributed by atoms with Crippen molar-refractivity contribution in [3.05, 3.63) is 56.5 Å². The van der Waals surface area contributed by atoms with Crippen LogP contribution in [0, 0.1) is 0 Å². The zero-order valence-electron chi connectivity index (χ0n) is 12.9. The second-order valence-electron chi connectivity index (χ2n) is 5.61. The molecular weight excluding hydrogens is 451 g/mol. The van der Waals surface area contributed by atoms with Crippen LogP contribution in [0.25, 0.3) is 0 Å². The zero-order valence-corrected chi connectivity index (χ0v) is 16.9. The van der Waals surface area contributed by atoms with Crippen LogP contribution >= 0.6 is 39.1 Å². The number of benzene rings is 2. The van der Waals surface area contributed by atoms with Gasteiger partial charge in [-0.05, 0) is 43.3 Å². The summed E-state index contributed by atoms with van der Waals surface area (Å²) in [4.78, 5) is -0.0866. The van der Waals surface area contributed by atoms with Crippen LogP contribution in [-0.4, -0.2) is 23.7 Å². The molecule has 0 aliphatic carbocycles. The first-order chi connectivity index (χ1) is 11.7. The number of aromatic hydroxyl groups is 1. The lowest BCUT2D eigenvalue weighted by molar-refractivity contribution is 0.358. The van der Waals surface area contributed by atoms with Gasteiger partial charge in [0.15, 0.2) is 0 Å². The van der Waals surface area contributed by atoms with E-state index >= 15 is 0 Å². The van der Waals surface area contributed by atoms with Crippen LogP contribution in [0.4, 0.5) is 0 Å². The third kappa shape index (κ3) is 3.51. The summed E-state index contributed by atoms with van der Waals surface area (Å²) in [6.45, 7) is 1.74. The van der Waals surface area contributed by atoms with Crippen molar-refractivity contribution < 1.29 is 13.5 Å². The largest absolute Gasteiger partial charge is 0.508 e. The van der Waals surface area contributed by atoms with Gasteiger partial charge in [0.1, 0.15) is 10.6 Å². The number of rotatable bonds is 3. The molecule has 1 atom stereocenters. The first-order valence-corrected chi connectivity index (χ1v) is 10.2. The van der Waals surface area contributed by atoms with Gasteiger partial charge >= 0.3 is 0 Å². The van der Waals surface area contributed by atoms with E-state index < -0.39 is 16.1 Å². The molecule has 1 N–H and O–H groups in total. The van der Waals surface area contributed by atoms with Crippen molar-refractivity contribution >= 4 is 54.9 Å². The van der Waals surface area contributed by atoms with Crippen molar-refractivity contribution in [3.8, 4) is 5.75 Å². The third-order valence-electron chi connectivity index (χ3n) is 3.79. The number of halogens is 3. The second kappa shape index (κ2) is 6.79. The highest BCUT2D eigenvalue weighted by Gasteiger charge is 2.38. The molecule has 1 unspecified atom stereocenters. The maximum atomic E-state index is 13.1. The lowest BCUT2D eigenvalue weighted by Gasteiger charge is -2.24. The molecule has 0 aromatic heterocycles. The molecule has 1 heterocycles. The molecule has 9 heteroatoms. The molecule has 0 bridgehead atoms. The Morgan fingerprint density at radius 1 is 1.24 bits per heavy atom. The minimum Gasteiger partial charge on any atom is -0.508 e. The molecule has 0 amide bonds. The molecule has 0 saturated carbocycles. The van der Waals surface area contributed by atoms with Crippen LogP contribution in [0.15, 0.2) is 50.9 Å². The summed E-state index contributed by atoms with van der Waals surface area (Å²) in [6, 6.07) is 8.38. The molecule has 5 nitrogen and oxygen atoms in total. The molecule has 25 heavy (non-hydrogen) atoms. The first kappa shape index (κ1) is 18.5. The van der Waals surface area contributed by atoms with Crippen molar-refractivity contribution in [1.29, 1.82) is 0 Å². The molecule has 2 aromatic rings. The number of nitrogens with zero attached hydrogens (tertiary/aromatic N) is 2. The van der Waals surface area contributed by atoms with Crippen molar-refractivity contribution in [2.45, 2.75) is 24.3 Å². The standard InChI is InChI=1S/C16H13BrCl2N2O3S/c1-9-6-14(12-7-10(17)2-4-15(12)22)21(20-9)25(23,24)16-5-3-11(18)8-13(16)19/h2-5,7-8,14,22H,6H2,1H3. The van der Waals surface area contributed by atoms with Crippen molar-refractivity contribution in [2.24, 2.45) is 5.10 Å². The lowest BCUT2D eigenvalue weighted by atomic mass is 10.0. The Balaban J connectivity index is 2.11. The fraction of sp³-hybridized carbons (Fsp3) is 0.188. The first-order valence-electron chi connectivity index (χ1n) is 7.22. The Kier molecular flexibility index (Phi) is 5.03. The SMILES string of the molecule is CC1=NN(S(=O)(=O)c2ccc(Cl)cc2Cl)C(c2cc(Br)ccc2O)C1. The lowest BCUT2D eigenvalue weighted by Crippen LogP contribution is -2.27. The van der Waals surface area contributed by atoms with E-state index in [1.165, 1.54) is 24.3 Å². The molecule has 0 saturated heterocycles. The van der Waals surface area contributed by atoms with E-state index in [1.54, 1.807) is 19.1 Å². The van der Waals surface area contributed by atoms with E-state index in [2.05, 4.69) is 21.0 Å². The van der Waals surface area contributed by atoms with Crippen molar-refractivity contribution in [1.82, 2.24) is 4.41 Å². The highest BCUT2D eigenvalue weighted by Crippen LogP contribution is 2.41. The average molecular weight is 464 g/mol. The van der Waals surface area contributed by atoms with Gasteiger partial charge in [0.25, 0.3) is 10.0 Å². The smallest absolute Gasteiger partial charge is 0.281 e. The normalized spacial score (nSPS) is 17.7. The predicted molar refractivity (Wildman–Crippen MR) is 102 cm³/mol. The van der Waals surface area contributed by atoms with E-state index in [0.29, 0.717) is 22.7 Å². The van der Waals surface area contributed by atoms with Crippen LogP contribution in [0.3, 0.4) is 0 Å². The molecule has 1 aliphatic rings. The number of hydrogen-bond acceptors (Lipinski definition) is 4. The summed E-state index contributed by atoms with van der Waals surface area (Å²) in [5.41, 5.74) is 1.10. The Hall–Kier alpha value is -1.28. The molecule has 0 spiro atoms. The van der Waals surface area contributed by atoms with E-state index in [-0.39, 0.29) is 15.7 Å². The summed E-state index contributed by atoms with van der Waals surface area (Å²) >= 11 is 15.3. The number of sulfonamides is 1. The number of hydrazone groups is 1. The van der Waals surface area contributed by atoms with Crippen LogP contribution in [0.2, 0.25) is 10.0 Å². The monoisotopic (exact) mass is 462 g/mol. The number of phenolic OH excluding ortho intramolecular Hbond substituents is 1. The van der Waals surface area contributed by atoms with Crippen LogP contribution < -0.4 is 0 Å². The van der Waals surface area contributed by atoms with Gasteiger partial charge in [-0.15, -0.1) is 0 Å². The van der Waals surface area contributed by atoms with Gasteiger partial charge in [0.2, 0.25) is 0 Å². The highest BCUT2D eigenvalue weighted by molar-refractivity contribution is 9.10. The van der Waals surface area contributed by atoms with Crippen molar-refractivity contribution in [3.63, 3.8) is 0 Å². The zero-order chi connectivity index (χ0) is 18.4. The minimum atomic E-state index is -4.02. The van der Waals surface area contributed by atoms with E-state index in [4.69, 9.17) is 23.2 Å². The van der Waals surface area contributed by atoms with Gasteiger partial charge in [-0.3, -0.25) is 0 Å². The van der Waals surface area contributed by atoms with Gasteiger partial charge in [-0.25, -0.2) is 0 Å². The second-order valence-corrected chi connectivity index (χ2v) is 9.13. The summed E-state index contributed by atoms with van der Waals surface area (Å²) in [7, 11) is -4.02. The van der Waals surface area contributed by atoms with Crippen LogP contribution in [0.1, 0.15) is 24.9 Å². The molecule has 2 aromatic carbocycles. The van der Waals surface area contributed by atoms with E-state index in [0.717, 1.165) is 8.89 Å². The maximum Gasteiger partial charge on any atom is 0.281 e. The van der Waals surface area contributed by atoms with Gasteiger partial charge in [0, 0.05) is 27.2 Å². The van der Waals surface area contributed by atoms with E-state index in [9.17, 15) is 13.5 Å². The molecule has 0 fully saturated rings. The van der Waals surface area contributed by atoms with Gasteiger partial charge in [-0.2, -0.15) is 17.9 Å². The van der Waals surface area contributed by atoms with Gasteiger partial charge < -0.3 is 5.11 Å². The topological polar surface area (TPSA) is 70.0 Å². The fourth-order valence-electron chi connectivity index (χ4n) is 2.66. The number of phenols is 1. The van der Waals surface area contributed by atoms with Crippen LogP contribution in [-0.2, 0) is 10.0 Å². The summed E-state index contributed by atoms with van der Waals surface area (Å²) in [5.74, 6) is 0.000466. The number of hydrogen-bond donors (Lipinski definition) is 1. The Bertz CT molecular complexity index is 979. The van der Waals surface area contributed by atoms with Crippen molar-refractivity contribution in [2.75, 3.05) is 0 Å². The van der Waals surface area contributed by atoms with Gasteiger partial charge in [0.05, 0.1) is 11.1 Å². The van der Waals surface area contributed by atoms with Crippen LogP contribution in [0.5, 0.6) is 5.75 Å². The Labute approximate surface area is 164 Å². The summed E-state index contributed by atoms with van der Waals surface area (Å²) < 4.78 is 27.9. The molecule has 1 aliphatic heterocycles. The Morgan fingerprint density at radius 3 is 2.64 bits per heavy atom. The quantitative estimate of drug-likeness (QED) is 0.698. The molecule has 3 rings (SSSR count).